The van der Waals surface area contributed by atoms with Crippen LogP contribution in [0.2, 0.25) is 0 Å². The predicted molar refractivity (Wildman–Crippen MR) is 97.1 cm³/mol. The van der Waals surface area contributed by atoms with Gasteiger partial charge in [0.05, 0.1) is 0 Å². The summed E-state index contributed by atoms with van der Waals surface area (Å²) in [5, 5.41) is 11.9. The monoisotopic (exact) mass is 368 g/mol. The molecule has 0 unspecified atom stereocenters. The Morgan fingerprint density at radius 2 is 1.77 bits per heavy atom. The topological polar surface area (TPSA) is 102 Å². The lowest BCUT2D eigenvalue weighted by Crippen LogP contribution is -2.43. The number of hydrogen-bond donors (Lipinski definition) is 2. The second-order valence-electron chi connectivity index (χ2n) is 5.24. The van der Waals surface area contributed by atoms with Gasteiger partial charge in [-0.2, -0.15) is 4.80 Å². The van der Waals surface area contributed by atoms with Crippen molar-refractivity contribution in [3.8, 4) is 11.4 Å². The van der Waals surface area contributed by atoms with Gasteiger partial charge in [-0.05, 0) is 35.7 Å². The van der Waals surface area contributed by atoms with Crippen LogP contribution in [0.3, 0.4) is 0 Å². The molecule has 1 heterocycles. The first-order valence-electron chi connectivity index (χ1n) is 7.72. The molecular weight excluding hydrogens is 352 g/mol. The number of amides is 2. The Bertz CT molecular complexity index is 895. The van der Waals surface area contributed by atoms with Gasteiger partial charge in [-0.15, -0.1) is 22.0 Å². The van der Waals surface area contributed by atoms with E-state index < -0.39 is 11.8 Å². The number of hydrazine groups is 1. The lowest BCUT2D eigenvalue weighted by Gasteiger charge is -2.07. The third-order valence-corrected chi connectivity index (χ3v) is 4.18. The second-order valence-corrected chi connectivity index (χ2v) is 6.12. The van der Waals surface area contributed by atoms with E-state index in [1.54, 1.807) is 23.9 Å². The molecule has 26 heavy (non-hydrogen) atoms. The van der Waals surface area contributed by atoms with Gasteiger partial charge in [0, 0.05) is 16.0 Å². The summed E-state index contributed by atoms with van der Waals surface area (Å²) in [4.78, 5) is 26.2. The number of hydrogen-bond acceptors (Lipinski definition) is 6. The lowest BCUT2D eigenvalue weighted by atomic mass is 10.2. The first kappa shape index (κ1) is 17.6. The zero-order valence-electron chi connectivity index (χ0n) is 13.9. The summed E-state index contributed by atoms with van der Waals surface area (Å²) in [5.41, 5.74) is 5.95. The molecule has 0 radical (unpaired) electrons. The minimum absolute atomic E-state index is 0.161. The van der Waals surface area contributed by atoms with Crippen LogP contribution >= 0.6 is 11.8 Å². The first-order valence-corrected chi connectivity index (χ1v) is 8.94. The Hall–Kier alpha value is -3.20. The number of aromatic nitrogens is 4. The number of nitrogens with one attached hydrogen (secondary N) is 2. The van der Waals surface area contributed by atoms with Crippen molar-refractivity contribution in [1.82, 2.24) is 31.1 Å². The zero-order valence-corrected chi connectivity index (χ0v) is 14.7. The van der Waals surface area contributed by atoms with Crippen molar-refractivity contribution < 1.29 is 9.59 Å². The number of tetrazole rings is 1. The first-order chi connectivity index (χ1) is 12.7. The normalized spacial score (nSPS) is 10.3. The number of benzene rings is 2. The second kappa shape index (κ2) is 8.26. The molecule has 0 bridgehead atoms. The summed E-state index contributed by atoms with van der Waals surface area (Å²) in [6.07, 6.45) is 1.96. The van der Waals surface area contributed by atoms with Gasteiger partial charge in [-0.3, -0.25) is 20.4 Å². The van der Waals surface area contributed by atoms with Gasteiger partial charge >= 0.3 is 0 Å². The highest BCUT2D eigenvalue weighted by molar-refractivity contribution is 7.98. The van der Waals surface area contributed by atoms with Crippen LogP contribution in [0.4, 0.5) is 0 Å². The molecular formula is C17H16N6O2S. The van der Waals surface area contributed by atoms with Crippen LogP contribution < -0.4 is 10.9 Å². The Kier molecular flexibility index (Phi) is 5.59. The van der Waals surface area contributed by atoms with Gasteiger partial charge in [0.25, 0.3) is 11.8 Å². The van der Waals surface area contributed by atoms with E-state index >= 15 is 0 Å². The maximum Gasteiger partial charge on any atom is 0.269 e. The van der Waals surface area contributed by atoms with Gasteiger partial charge in [0.15, 0.2) is 0 Å². The van der Waals surface area contributed by atoms with E-state index in [2.05, 4.69) is 26.3 Å². The van der Waals surface area contributed by atoms with Crippen molar-refractivity contribution in [3.63, 3.8) is 0 Å². The Balaban J connectivity index is 1.52. The van der Waals surface area contributed by atoms with E-state index in [1.165, 1.54) is 0 Å². The van der Waals surface area contributed by atoms with E-state index in [0.717, 1.165) is 15.3 Å². The Morgan fingerprint density at radius 1 is 1.04 bits per heavy atom. The third-order valence-electron chi connectivity index (χ3n) is 3.44. The molecule has 0 saturated carbocycles. The largest absolute Gasteiger partial charge is 0.271 e. The van der Waals surface area contributed by atoms with E-state index in [-0.39, 0.29) is 6.54 Å². The zero-order chi connectivity index (χ0) is 18.4. The van der Waals surface area contributed by atoms with E-state index in [9.17, 15) is 9.59 Å². The molecule has 0 saturated heterocycles. The maximum atomic E-state index is 12.0. The SMILES string of the molecule is CSc1ccc(C(=O)NNC(=O)Cn2nnc(-c3ccccc3)n2)cc1. The van der Waals surface area contributed by atoms with Gasteiger partial charge in [-0.1, -0.05) is 30.3 Å². The van der Waals surface area contributed by atoms with Crippen LogP contribution in [-0.4, -0.2) is 38.3 Å². The van der Waals surface area contributed by atoms with E-state index in [1.807, 2.05) is 48.7 Å². The van der Waals surface area contributed by atoms with Crippen LogP contribution in [0, 0.1) is 0 Å². The minimum Gasteiger partial charge on any atom is -0.271 e. The predicted octanol–water partition coefficient (Wildman–Crippen LogP) is 1.52. The molecule has 2 N–H and O–H groups in total. The number of carbonyl (C=O) groups excluding carboxylic acids is 2. The lowest BCUT2D eigenvalue weighted by molar-refractivity contribution is -0.122. The summed E-state index contributed by atoms with van der Waals surface area (Å²) >= 11 is 1.59. The minimum atomic E-state index is -0.462. The van der Waals surface area contributed by atoms with Crippen molar-refractivity contribution in [2.24, 2.45) is 0 Å². The van der Waals surface area contributed by atoms with Crippen molar-refractivity contribution in [2.75, 3.05) is 6.26 Å². The van der Waals surface area contributed by atoms with Crippen molar-refractivity contribution >= 4 is 23.6 Å². The molecule has 0 aliphatic rings. The van der Waals surface area contributed by atoms with Crippen molar-refractivity contribution in [2.45, 2.75) is 11.4 Å². The quantitative estimate of drug-likeness (QED) is 0.523. The molecule has 0 atom stereocenters. The van der Waals surface area contributed by atoms with Crippen LogP contribution in [0.25, 0.3) is 11.4 Å². The molecule has 3 aromatic rings. The summed E-state index contributed by atoms with van der Waals surface area (Å²) in [5.74, 6) is -0.435. The highest BCUT2D eigenvalue weighted by atomic mass is 32.2. The summed E-state index contributed by atoms with van der Waals surface area (Å²) in [7, 11) is 0. The number of thioether (sulfide) groups is 1. The molecule has 3 rings (SSSR count). The number of carbonyl (C=O) groups is 2. The van der Waals surface area contributed by atoms with Gasteiger partial charge in [0.1, 0.15) is 6.54 Å². The molecule has 0 aliphatic carbocycles. The molecule has 0 aliphatic heterocycles. The molecule has 132 valence electrons. The van der Waals surface area contributed by atoms with Crippen LogP contribution in [0.15, 0.2) is 59.5 Å². The van der Waals surface area contributed by atoms with Crippen molar-refractivity contribution in [3.05, 3.63) is 60.2 Å². The van der Waals surface area contributed by atoms with Crippen molar-refractivity contribution in [1.29, 1.82) is 0 Å². The molecule has 2 amide bonds. The highest BCUT2D eigenvalue weighted by Gasteiger charge is 2.11. The fourth-order valence-electron chi connectivity index (χ4n) is 2.12. The Morgan fingerprint density at radius 3 is 2.46 bits per heavy atom. The number of rotatable bonds is 5. The van der Waals surface area contributed by atoms with Crippen LogP contribution in [-0.2, 0) is 11.3 Å². The van der Waals surface area contributed by atoms with Crippen LogP contribution in [0.5, 0.6) is 0 Å². The van der Waals surface area contributed by atoms with Crippen LogP contribution in [0.1, 0.15) is 10.4 Å². The van der Waals surface area contributed by atoms with Gasteiger partial charge < -0.3 is 0 Å². The van der Waals surface area contributed by atoms with Gasteiger partial charge in [-0.25, -0.2) is 0 Å². The van der Waals surface area contributed by atoms with E-state index in [4.69, 9.17) is 0 Å². The fourth-order valence-corrected chi connectivity index (χ4v) is 2.53. The average molecular weight is 368 g/mol. The number of nitrogens with zero attached hydrogens (tertiary/aromatic N) is 4. The molecule has 0 spiro atoms. The maximum absolute atomic E-state index is 12.0. The molecule has 9 heteroatoms. The standard InChI is InChI=1S/C17H16N6O2S/c1-26-14-9-7-13(8-10-14)17(25)20-18-15(24)11-23-21-16(19-22-23)12-5-3-2-4-6-12/h2-10H,11H2,1H3,(H,18,24)(H,20,25). The summed E-state index contributed by atoms with van der Waals surface area (Å²) < 4.78 is 0. The Labute approximate surface area is 154 Å². The molecule has 2 aromatic carbocycles. The summed E-state index contributed by atoms with van der Waals surface area (Å²) in [6.45, 7) is -0.161. The molecule has 0 fully saturated rings. The third kappa shape index (κ3) is 4.45. The molecule has 1 aromatic heterocycles. The van der Waals surface area contributed by atoms with Gasteiger partial charge in [0.2, 0.25) is 5.82 Å². The smallest absolute Gasteiger partial charge is 0.269 e. The highest BCUT2D eigenvalue weighted by Crippen LogP contribution is 2.14. The molecule has 8 nitrogen and oxygen atoms in total. The fraction of sp³-hybridized carbons (Fsp3) is 0.118. The summed E-state index contributed by atoms with van der Waals surface area (Å²) in [6, 6.07) is 16.4. The average Bonchev–Trinajstić information content (AvgIpc) is 3.15. The van der Waals surface area contributed by atoms with E-state index in [0.29, 0.717) is 11.4 Å².